The molecule has 0 heterocycles. The maximum Gasteiger partial charge on any atom is 0.326 e. The summed E-state index contributed by atoms with van der Waals surface area (Å²) in [6.07, 6.45) is 2.30. The lowest BCUT2D eigenvalue weighted by molar-refractivity contribution is -0.143. The molecule has 0 aromatic carbocycles. The molecule has 0 aromatic rings. The molecule has 0 aliphatic rings. The molecule has 0 aromatic heterocycles. The largest absolute Gasteiger partial charge is 0.480 e. The van der Waals surface area contributed by atoms with E-state index in [0.29, 0.717) is 25.3 Å². The Morgan fingerprint density at radius 2 is 1.95 bits per heavy atom. The van der Waals surface area contributed by atoms with Gasteiger partial charge in [0.1, 0.15) is 6.04 Å². The van der Waals surface area contributed by atoms with Crippen molar-refractivity contribution in [2.24, 2.45) is 5.92 Å². The van der Waals surface area contributed by atoms with Gasteiger partial charge >= 0.3 is 5.97 Å². The second-order valence-corrected chi connectivity index (χ2v) is 6.21. The van der Waals surface area contributed by atoms with Crippen molar-refractivity contribution >= 4 is 23.6 Å². The van der Waals surface area contributed by atoms with Gasteiger partial charge in [0.2, 0.25) is 5.91 Å². The minimum absolute atomic E-state index is 0.0286. The normalized spacial score (nSPS) is 14.2. The van der Waals surface area contributed by atoms with Gasteiger partial charge in [0, 0.05) is 6.54 Å². The number of nitrogens with one attached hydrogen (secondary N) is 1. The van der Waals surface area contributed by atoms with Crippen LogP contribution in [0.4, 0.5) is 0 Å². The first-order valence-electron chi connectivity index (χ1n) is 7.26. The molecule has 6 nitrogen and oxygen atoms in total. The number of rotatable bonds is 11. The average molecular weight is 320 g/mol. The first-order valence-corrected chi connectivity index (χ1v) is 8.65. The maximum absolute atomic E-state index is 12.4. The van der Waals surface area contributed by atoms with E-state index in [1.807, 2.05) is 31.9 Å². The topological polar surface area (TPSA) is 89.9 Å². The van der Waals surface area contributed by atoms with E-state index < -0.39 is 18.1 Å². The molecule has 0 bridgehead atoms. The fourth-order valence-corrected chi connectivity index (χ4v) is 2.73. The fraction of sp³-hybridized carbons (Fsp3) is 0.857. The number of carboxylic acids is 1. The standard InChI is InChI=1S/C14H28N2O4S/c1-5-16(7-8-17)12(10(2)3)13(18)15-11(14(19)20)6-9-21-4/h10-12,17H,5-9H2,1-4H3,(H,15,18)(H,19,20). The summed E-state index contributed by atoms with van der Waals surface area (Å²) in [7, 11) is 0. The number of aliphatic carboxylic acids is 1. The summed E-state index contributed by atoms with van der Waals surface area (Å²) in [5.74, 6) is -0.581. The van der Waals surface area contributed by atoms with Crippen molar-refractivity contribution in [3.63, 3.8) is 0 Å². The molecule has 0 radical (unpaired) electrons. The SMILES string of the molecule is CCN(CCO)C(C(=O)NC(CCSC)C(=O)O)C(C)C. The number of aliphatic hydroxyl groups is 1. The van der Waals surface area contributed by atoms with E-state index in [1.54, 1.807) is 11.8 Å². The molecule has 0 saturated carbocycles. The van der Waals surface area contributed by atoms with Crippen LogP contribution in [-0.2, 0) is 9.59 Å². The van der Waals surface area contributed by atoms with E-state index in [9.17, 15) is 14.7 Å². The lowest BCUT2D eigenvalue weighted by Gasteiger charge is -2.32. The van der Waals surface area contributed by atoms with Crippen LogP contribution in [0.3, 0.4) is 0 Å². The van der Waals surface area contributed by atoms with Crippen molar-refractivity contribution < 1.29 is 19.8 Å². The van der Waals surface area contributed by atoms with Crippen LogP contribution in [-0.4, -0.2) is 70.8 Å². The van der Waals surface area contributed by atoms with Crippen LogP contribution in [0.5, 0.6) is 0 Å². The van der Waals surface area contributed by atoms with Crippen LogP contribution in [0.2, 0.25) is 0 Å². The highest BCUT2D eigenvalue weighted by Crippen LogP contribution is 2.12. The Kier molecular flexibility index (Phi) is 10.5. The van der Waals surface area contributed by atoms with Crippen molar-refractivity contribution in [1.82, 2.24) is 10.2 Å². The van der Waals surface area contributed by atoms with E-state index in [4.69, 9.17) is 5.11 Å². The second kappa shape index (κ2) is 10.9. The maximum atomic E-state index is 12.4. The number of carbonyl (C=O) groups is 2. The summed E-state index contributed by atoms with van der Waals surface area (Å²) < 4.78 is 0. The van der Waals surface area contributed by atoms with E-state index in [2.05, 4.69) is 5.32 Å². The minimum Gasteiger partial charge on any atom is -0.480 e. The van der Waals surface area contributed by atoms with Crippen LogP contribution in [0, 0.1) is 5.92 Å². The summed E-state index contributed by atoms with van der Waals surface area (Å²) in [6.45, 7) is 6.75. The smallest absolute Gasteiger partial charge is 0.326 e. The number of aliphatic hydroxyl groups excluding tert-OH is 1. The Morgan fingerprint density at radius 3 is 2.33 bits per heavy atom. The molecule has 0 saturated heterocycles. The Morgan fingerprint density at radius 1 is 1.33 bits per heavy atom. The molecular weight excluding hydrogens is 292 g/mol. The molecule has 21 heavy (non-hydrogen) atoms. The zero-order chi connectivity index (χ0) is 16.4. The zero-order valence-corrected chi connectivity index (χ0v) is 14.2. The van der Waals surface area contributed by atoms with Crippen molar-refractivity contribution in [3.8, 4) is 0 Å². The van der Waals surface area contributed by atoms with Crippen molar-refractivity contribution in [2.45, 2.75) is 39.3 Å². The predicted octanol–water partition coefficient (Wildman–Crippen LogP) is 0.648. The Labute approximate surface area is 131 Å². The first-order chi connectivity index (χ1) is 9.88. The minimum atomic E-state index is -1.01. The van der Waals surface area contributed by atoms with Crippen LogP contribution < -0.4 is 5.32 Å². The molecule has 0 fully saturated rings. The van der Waals surface area contributed by atoms with Gasteiger partial charge in [-0.2, -0.15) is 11.8 Å². The molecule has 0 spiro atoms. The summed E-state index contributed by atoms with van der Waals surface area (Å²) in [5, 5.41) is 20.9. The van der Waals surface area contributed by atoms with E-state index >= 15 is 0 Å². The molecule has 1 amide bonds. The van der Waals surface area contributed by atoms with Crippen LogP contribution in [0.25, 0.3) is 0 Å². The van der Waals surface area contributed by atoms with Gasteiger partial charge < -0.3 is 15.5 Å². The molecule has 0 aliphatic carbocycles. The molecule has 7 heteroatoms. The number of nitrogens with zero attached hydrogens (tertiary/aromatic N) is 1. The second-order valence-electron chi connectivity index (χ2n) is 5.22. The molecule has 2 atom stereocenters. The molecular formula is C14H28N2O4S. The number of likely N-dealkylation sites (N-methyl/N-ethyl adjacent to an activating group) is 1. The van der Waals surface area contributed by atoms with Gasteiger partial charge in [-0.1, -0.05) is 20.8 Å². The monoisotopic (exact) mass is 320 g/mol. The van der Waals surface area contributed by atoms with Crippen LogP contribution in [0.15, 0.2) is 0 Å². The van der Waals surface area contributed by atoms with Gasteiger partial charge in [-0.25, -0.2) is 4.79 Å². The van der Waals surface area contributed by atoms with Crippen LogP contribution in [0.1, 0.15) is 27.2 Å². The summed E-state index contributed by atoms with van der Waals surface area (Å²) in [6, 6.07) is -1.29. The Balaban J connectivity index is 4.90. The van der Waals surface area contributed by atoms with E-state index in [-0.39, 0.29) is 18.4 Å². The van der Waals surface area contributed by atoms with Gasteiger partial charge in [0.25, 0.3) is 0 Å². The predicted molar refractivity (Wildman–Crippen MR) is 85.5 cm³/mol. The average Bonchev–Trinajstić information content (AvgIpc) is 2.41. The highest BCUT2D eigenvalue weighted by molar-refractivity contribution is 7.98. The Bertz CT molecular complexity index is 326. The highest BCUT2D eigenvalue weighted by atomic mass is 32.2. The first kappa shape index (κ1) is 20.2. The fourth-order valence-electron chi connectivity index (χ4n) is 2.26. The number of hydrogen-bond donors (Lipinski definition) is 3. The van der Waals surface area contributed by atoms with Gasteiger partial charge in [0.05, 0.1) is 12.6 Å². The highest BCUT2D eigenvalue weighted by Gasteiger charge is 2.30. The summed E-state index contributed by atoms with van der Waals surface area (Å²) >= 11 is 1.55. The lowest BCUT2D eigenvalue weighted by atomic mass is 10.0. The Hall–Kier alpha value is -0.790. The summed E-state index contributed by atoms with van der Waals surface area (Å²) in [4.78, 5) is 25.5. The van der Waals surface area contributed by atoms with E-state index in [0.717, 1.165) is 0 Å². The van der Waals surface area contributed by atoms with Crippen molar-refractivity contribution in [2.75, 3.05) is 31.7 Å². The number of thioether (sulfide) groups is 1. The molecule has 2 unspecified atom stereocenters. The quantitative estimate of drug-likeness (QED) is 0.518. The third kappa shape index (κ3) is 7.15. The molecule has 3 N–H and O–H groups in total. The van der Waals surface area contributed by atoms with Gasteiger partial charge in [-0.3, -0.25) is 9.69 Å². The van der Waals surface area contributed by atoms with Crippen LogP contribution >= 0.6 is 11.8 Å². The third-order valence-electron chi connectivity index (χ3n) is 3.31. The van der Waals surface area contributed by atoms with Gasteiger partial charge in [-0.05, 0) is 30.9 Å². The third-order valence-corrected chi connectivity index (χ3v) is 3.96. The number of amides is 1. The number of hydrogen-bond acceptors (Lipinski definition) is 5. The summed E-state index contributed by atoms with van der Waals surface area (Å²) in [5.41, 5.74) is 0. The lowest BCUT2D eigenvalue weighted by Crippen LogP contribution is -2.54. The number of carbonyl (C=O) groups excluding carboxylic acids is 1. The molecule has 0 aliphatic heterocycles. The van der Waals surface area contributed by atoms with E-state index in [1.165, 1.54) is 0 Å². The zero-order valence-electron chi connectivity index (χ0n) is 13.3. The van der Waals surface area contributed by atoms with Crippen molar-refractivity contribution in [1.29, 1.82) is 0 Å². The van der Waals surface area contributed by atoms with Crippen molar-refractivity contribution in [3.05, 3.63) is 0 Å². The molecule has 0 rings (SSSR count). The number of carboxylic acid groups (broad SMARTS) is 1. The molecule has 124 valence electrons. The van der Waals surface area contributed by atoms with Gasteiger partial charge in [-0.15, -0.1) is 0 Å². The van der Waals surface area contributed by atoms with Gasteiger partial charge in [0.15, 0.2) is 0 Å².